The molecule has 4 saturated carbocycles. The summed E-state index contributed by atoms with van der Waals surface area (Å²) in [4.78, 5) is 27.6. The zero-order valence-corrected chi connectivity index (χ0v) is 17.7. The quantitative estimate of drug-likeness (QED) is 0.650. The second-order valence-corrected chi connectivity index (χ2v) is 9.56. The SMILES string of the molecule is N#CCCN(C(=O)COC(=O)C12CC3CC(CC(C3)C1)C2)c1ccc2c(c1)OCCO2. The molecule has 1 aromatic carbocycles. The molecule has 0 aromatic heterocycles. The highest BCUT2D eigenvalue weighted by atomic mass is 16.6. The smallest absolute Gasteiger partial charge is 0.312 e. The number of esters is 1. The van der Waals surface area contributed by atoms with E-state index in [9.17, 15) is 9.59 Å². The number of carbonyl (C=O) groups excluding carboxylic acids is 2. The fraction of sp³-hybridized carbons (Fsp3) is 0.625. The molecule has 0 unspecified atom stereocenters. The van der Waals surface area contributed by atoms with Crippen molar-refractivity contribution in [3.8, 4) is 17.6 Å². The molecule has 0 spiro atoms. The number of nitrogens with zero attached hydrogens (tertiary/aromatic N) is 2. The lowest BCUT2D eigenvalue weighted by Gasteiger charge is -2.55. The summed E-state index contributed by atoms with van der Waals surface area (Å²) in [6.07, 6.45) is 6.65. The second-order valence-electron chi connectivity index (χ2n) is 9.56. The molecule has 0 N–H and O–H groups in total. The van der Waals surface area contributed by atoms with E-state index in [1.54, 1.807) is 18.2 Å². The van der Waals surface area contributed by atoms with Crippen LogP contribution in [0.5, 0.6) is 11.5 Å². The zero-order chi connectivity index (χ0) is 21.4. The fourth-order valence-corrected chi connectivity index (χ4v) is 6.48. The van der Waals surface area contributed by atoms with E-state index in [0.717, 1.165) is 19.3 Å². The van der Waals surface area contributed by atoms with Crippen molar-refractivity contribution in [2.75, 3.05) is 31.3 Å². The van der Waals surface area contributed by atoms with Crippen molar-refractivity contribution in [2.24, 2.45) is 23.2 Å². The minimum absolute atomic E-state index is 0.184. The van der Waals surface area contributed by atoms with Crippen LogP contribution in [0.4, 0.5) is 5.69 Å². The number of nitriles is 1. The van der Waals surface area contributed by atoms with Gasteiger partial charge in [0.15, 0.2) is 18.1 Å². The maximum atomic E-state index is 13.1. The van der Waals surface area contributed by atoms with E-state index in [1.165, 1.54) is 24.2 Å². The highest BCUT2D eigenvalue weighted by Crippen LogP contribution is 2.60. The monoisotopic (exact) mass is 424 g/mol. The molecule has 6 rings (SSSR count). The third-order valence-electron chi connectivity index (χ3n) is 7.38. The Bertz CT molecular complexity index is 886. The van der Waals surface area contributed by atoms with Gasteiger partial charge < -0.3 is 19.1 Å². The van der Waals surface area contributed by atoms with Crippen LogP contribution >= 0.6 is 0 Å². The molecular formula is C24H28N2O5. The summed E-state index contributed by atoms with van der Waals surface area (Å²) in [6, 6.07) is 7.35. The van der Waals surface area contributed by atoms with Gasteiger partial charge in [-0.1, -0.05) is 0 Å². The molecule has 4 aliphatic carbocycles. The molecule has 31 heavy (non-hydrogen) atoms. The maximum absolute atomic E-state index is 13.1. The Morgan fingerprint density at radius 2 is 1.71 bits per heavy atom. The van der Waals surface area contributed by atoms with Crippen LogP contribution in [0.25, 0.3) is 0 Å². The Morgan fingerprint density at radius 3 is 2.35 bits per heavy atom. The van der Waals surface area contributed by atoms with Gasteiger partial charge in [-0.05, 0) is 68.4 Å². The van der Waals surface area contributed by atoms with Gasteiger partial charge in [0.1, 0.15) is 13.2 Å². The van der Waals surface area contributed by atoms with Crippen LogP contribution < -0.4 is 14.4 Å². The second kappa shape index (κ2) is 8.07. The molecule has 7 heteroatoms. The van der Waals surface area contributed by atoms with Gasteiger partial charge in [-0.3, -0.25) is 9.59 Å². The number of ether oxygens (including phenoxy) is 3. The molecule has 4 fully saturated rings. The number of rotatable bonds is 6. The average molecular weight is 424 g/mol. The van der Waals surface area contributed by atoms with E-state index in [1.807, 2.05) is 0 Å². The highest BCUT2D eigenvalue weighted by Gasteiger charge is 2.55. The van der Waals surface area contributed by atoms with Gasteiger partial charge >= 0.3 is 5.97 Å². The topological polar surface area (TPSA) is 88.9 Å². The van der Waals surface area contributed by atoms with Gasteiger partial charge in [0.05, 0.1) is 17.9 Å². The number of benzene rings is 1. The molecule has 7 nitrogen and oxygen atoms in total. The van der Waals surface area contributed by atoms with Crippen molar-refractivity contribution in [3.63, 3.8) is 0 Å². The number of anilines is 1. The van der Waals surface area contributed by atoms with Crippen molar-refractivity contribution < 1.29 is 23.8 Å². The highest BCUT2D eigenvalue weighted by molar-refractivity contribution is 5.96. The van der Waals surface area contributed by atoms with Crippen LogP contribution in [0.3, 0.4) is 0 Å². The molecule has 1 aliphatic heterocycles. The van der Waals surface area contributed by atoms with Crippen molar-refractivity contribution in [1.82, 2.24) is 0 Å². The summed E-state index contributed by atoms with van der Waals surface area (Å²) in [7, 11) is 0. The molecule has 4 bridgehead atoms. The zero-order valence-electron chi connectivity index (χ0n) is 17.7. The minimum Gasteiger partial charge on any atom is -0.486 e. The Morgan fingerprint density at radius 1 is 1.06 bits per heavy atom. The molecule has 1 amide bonds. The molecule has 164 valence electrons. The van der Waals surface area contributed by atoms with Crippen LogP contribution in [0.2, 0.25) is 0 Å². The summed E-state index contributed by atoms with van der Waals surface area (Å²) in [5.41, 5.74) is 0.221. The first-order valence-corrected chi connectivity index (χ1v) is 11.3. The molecule has 0 saturated heterocycles. The van der Waals surface area contributed by atoms with Gasteiger partial charge in [0, 0.05) is 18.3 Å². The maximum Gasteiger partial charge on any atom is 0.312 e. The third-order valence-corrected chi connectivity index (χ3v) is 7.38. The van der Waals surface area contributed by atoms with E-state index >= 15 is 0 Å². The predicted molar refractivity (Wildman–Crippen MR) is 112 cm³/mol. The summed E-state index contributed by atoms with van der Waals surface area (Å²) < 4.78 is 16.8. The third kappa shape index (κ3) is 3.84. The first-order valence-electron chi connectivity index (χ1n) is 11.3. The van der Waals surface area contributed by atoms with E-state index < -0.39 is 0 Å². The van der Waals surface area contributed by atoms with Crippen molar-refractivity contribution in [1.29, 1.82) is 5.26 Å². The molecule has 1 aromatic rings. The van der Waals surface area contributed by atoms with Gasteiger partial charge in [-0.25, -0.2) is 0 Å². The standard InChI is InChI=1S/C24H28N2O5/c25-4-1-5-26(19-2-3-20-21(11-19)30-7-6-29-20)22(27)15-31-23(28)24-12-16-8-17(13-24)10-18(9-16)14-24/h2-3,11,16-18H,1,5-10,12-15H2. The first kappa shape index (κ1) is 20.2. The fourth-order valence-electron chi connectivity index (χ4n) is 6.48. The van der Waals surface area contributed by atoms with Crippen LogP contribution in [0.15, 0.2) is 18.2 Å². The molecule has 0 radical (unpaired) electrons. The van der Waals surface area contributed by atoms with Crippen molar-refractivity contribution in [3.05, 3.63) is 18.2 Å². The van der Waals surface area contributed by atoms with Crippen LogP contribution in [-0.4, -0.2) is 38.2 Å². The van der Waals surface area contributed by atoms with Crippen molar-refractivity contribution in [2.45, 2.75) is 44.9 Å². The summed E-state index contributed by atoms with van der Waals surface area (Å²) >= 11 is 0. The molecule has 1 heterocycles. The largest absolute Gasteiger partial charge is 0.486 e. The van der Waals surface area contributed by atoms with Gasteiger partial charge in [-0.2, -0.15) is 5.26 Å². The summed E-state index contributed by atoms with van der Waals surface area (Å²) in [5, 5.41) is 9.03. The average Bonchev–Trinajstić information content (AvgIpc) is 2.76. The normalized spacial score (nSPS) is 29.8. The van der Waals surface area contributed by atoms with E-state index in [0.29, 0.717) is 48.2 Å². The predicted octanol–water partition coefficient (Wildman–Crippen LogP) is 3.46. The lowest BCUT2D eigenvalue weighted by atomic mass is 9.49. The van der Waals surface area contributed by atoms with Crippen LogP contribution in [0, 0.1) is 34.5 Å². The number of amides is 1. The number of hydrogen-bond acceptors (Lipinski definition) is 6. The number of carbonyl (C=O) groups is 2. The Balaban J connectivity index is 1.27. The van der Waals surface area contributed by atoms with Gasteiger partial charge in [0.25, 0.3) is 5.91 Å². The molecular weight excluding hydrogens is 396 g/mol. The van der Waals surface area contributed by atoms with Gasteiger partial charge in [0.2, 0.25) is 0 Å². The summed E-state index contributed by atoms with van der Waals surface area (Å²) in [6.45, 7) is 0.860. The minimum atomic E-state index is -0.385. The lowest BCUT2D eigenvalue weighted by Crippen LogP contribution is -2.51. The summed E-state index contributed by atoms with van der Waals surface area (Å²) in [5.74, 6) is 2.59. The van der Waals surface area contributed by atoms with Crippen LogP contribution in [-0.2, 0) is 14.3 Å². The number of hydrogen-bond donors (Lipinski definition) is 0. The van der Waals surface area contributed by atoms with E-state index in [-0.39, 0.29) is 36.9 Å². The first-order chi connectivity index (χ1) is 15.1. The Kier molecular flexibility index (Phi) is 5.25. The molecule has 5 aliphatic rings. The van der Waals surface area contributed by atoms with E-state index in [2.05, 4.69) is 6.07 Å². The Hall–Kier alpha value is -2.75. The molecule has 0 atom stereocenters. The lowest BCUT2D eigenvalue weighted by molar-refractivity contribution is -0.172. The Labute approximate surface area is 182 Å². The van der Waals surface area contributed by atoms with Crippen LogP contribution in [0.1, 0.15) is 44.9 Å². The van der Waals surface area contributed by atoms with Gasteiger partial charge in [-0.15, -0.1) is 0 Å². The van der Waals surface area contributed by atoms with E-state index in [4.69, 9.17) is 19.5 Å². The van der Waals surface area contributed by atoms with Crippen molar-refractivity contribution >= 4 is 17.6 Å². The number of fused-ring (bicyclic) bond motifs is 1.